The third-order valence-corrected chi connectivity index (χ3v) is 3.17. The zero-order chi connectivity index (χ0) is 9.97. The number of hydrogen-bond acceptors (Lipinski definition) is 4. The molecule has 2 aromatic rings. The summed E-state index contributed by atoms with van der Waals surface area (Å²) in [6, 6.07) is 1.98. The topological polar surface area (TPSA) is 46.0 Å². The molecule has 1 atom stereocenters. The van der Waals surface area contributed by atoms with Gasteiger partial charge < -0.3 is 5.11 Å². The van der Waals surface area contributed by atoms with Crippen molar-refractivity contribution >= 4 is 21.6 Å². The van der Waals surface area contributed by atoms with Gasteiger partial charge in [-0.3, -0.25) is 0 Å². The molecule has 0 spiro atoms. The van der Waals surface area contributed by atoms with E-state index in [0.29, 0.717) is 6.42 Å². The monoisotopic (exact) mass is 208 g/mol. The average molecular weight is 208 g/mol. The Labute approximate surface area is 86.4 Å². The van der Waals surface area contributed by atoms with Gasteiger partial charge in [-0.15, -0.1) is 11.3 Å². The predicted molar refractivity (Wildman–Crippen MR) is 57.4 cm³/mol. The minimum absolute atomic E-state index is 0.296. The smallest absolute Gasteiger partial charge is 0.116 e. The van der Waals surface area contributed by atoms with E-state index in [1.54, 1.807) is 17.7 Å². The Morgan fingerprint density at radius 1 is 1.50 bits per heavy atom. The molecule has 0 fully saturated rings. The van der Waals surface area contributed by atoms with Gasteiger partial charge in [0.1, 0.15) is 6.33 Å². The highest BCUT2D eigenvalue weighted by Crippen LogP contribution is 2.22. The van der Waals surface area contributed by atoms with Crippen molar-refractivity contribution in [1.29, 1.82) is 0 Å². The molecule has 0 saturated heterocycles. The van der Waals surface area contributed by atoms with Gasteiger partial charge in [0, 0.05) is 6.42 Å². The maximum absolute atomic E-state index is 9.55. The Bertz CT molecular complexity index is 427. The number of aliphatic hydroxyl groups is 1. The number of hydrogen-bond donors (Lipinski definition) is 1. The largest absolute Gasteiger partial charge is 0.393 e. The molecule has 4 heteroatoms. The summed E-state index contributed by atoms with van der Waals surface area (Å²) in [5.74, 6) is 0. The van der Waals surface area contributed by atoms with Crippen LogP contribution in [0.15, 0.2) is 17.8 Å². The Balaban J connectivity index is 2.36. The molecule has 0 saturated carbocycles. The summed E-state index contributed by atoms with van der Waals surface area (Å²) in [4.78, 5) is 8.36. The fourth-order valence-electron chi connectivity index (χ4n) is 1.35. The molecule has 1 N–H and O–H groups in total. The van der Waals surface area contributed by atoms with Gasteiger partial charge in [-0.1, -0.05) is 6.92 Å². The summed E-state index contributed by atoms with van der Waals surface area (Å²) in [5, 5.41) is 11.6. The van der Waals surface area contributed by atoms with Gasteiger partial charge in [0.15, 0.2) is 0 Å². The SMILES string of the molecule is CCC(O)Cc1ncnc2ccsc12. The van der Waals surface area contributed by atoms with Crippen molar-refractivity contribution in [2.24, 2.45) is 0 Å². The van der Waals surface area contributed by atoms with Crippen molar-refractivity contribution in [3.63, 3.8) is 0 Å². The lowest BCUT2D eigenvalue weighted by atomic mass is 10.1. The first-order chi connectivity index (χ1) is 6.81. The lowest BCUT2D eigenvalue weighted by Crippen LogP contribution is -2.09. The highest BCUT2D eigenvalue weighted by Gasteiger charge is 2.09. The maximum atomic E-state index is 9.55. The Kier molecular flexibility index (Phi) is 2.74. The number of nitrogens with zero attached hydrogens (tertiary/aromatic N) is 2. The van der Waals surface area contributed by atoms with Crippen LogP contribution >= 0.6 is 11.3 Å². The van der Waals surface area contributed by atoms with E-state index in [-0.39, 0.29) is 6.10 Å². The molecule has 0 amide bonds. The van der Waals surface area contributed by atoms with Gasteiger partial charge in [-0.2, -0.15) is 0 Å². The first-order valence-electron chi connectivity index (χ1n) is 4.66. The van der Waals surface area contributed by atoms with Gasteiger partial charge in [-0.05, 0) is 17.9 Å². The molecular weight excluding hydrogens is 196 g/mol. The molecule has 1 unspecified atom stereocenters. The molecule has 14 heavy (non-hydrogen) atoms. The maximum Gasteiger partial charge on any atom is 0.116 e. The quantitative estimate of drug-likeness (QED) is 0.839. The Morgan fingerprint density at radius 2 is 2.36 bits per heavy atom. The molecular formula is C10H12N2OS. The van der Waals surface area contributed by atoms with Gasteiger partial charge in [0.2, 0.25) is 0 Å². The molecule has 0 bridgehead atoms. The van der Waals surface area contributed by atoms with E-state index in [1.807, 2.05) is 18.4 Å². The molecule has 0 aliphatic heterocycles. The Hall–Kier alpha value is -1.000. The molecule has 2 rings (SSSR count). The van der Waals surface area contributed by atoms with Gasteiger partial charge in [-0.25, -0.2) is 9.97 Å². The van der Waals surface area contributed by atoms with E-state index >= 15 is 0 Å². The second kappa shape index (κ2) is 4.02. The summed E-state index contributed by atoms with van der Waals surface area (Å²) in [6.07, 6.45) is 2.65. The van der Waals surface area contributed by atoms with E-state index in [4.69, 9.17) is 0 Å². The van der Waals surface area contributed by atoms with Crippen LogP contribution in [0, 0.1) is 0 Å². The standard InChI is InChI=1S/C10H12N2OS/c1-2-7(13)5-9-10-8(3-4-14-10)11-6-12-9/h3-4,6-7,13H,2,5H2,1H3. The molecule has 0 aliphatic carbocycles. The molecule has 74 valence electrons. The summed E-state index contributed by atoms with van der Waals surface area (Å²) in [5.41, 5.74) is 1.93. The van der Waals surface area contributed by atoms with E-state index < -0.39 is 0 Å². The van der Waals surface area contributed by atoms with Gasteiger partial charge >= 0.3 is 0 Å². The van der Waals surface area contributed by atoms with Crippen LogP contribution in [0.4, 0.5) is 0 Å². The van der Waals surface area contributed by atoms with E-state index in [9.17, 15) is 5.11 Å². The number of aliphatic hydroxyl groups excluding tert-OH is 1. The summed E-state index contributed by atoms with van der Waals surface area (Å²) in [6.45, 7) is 1.97. The number of thiophene rings is 1. The second-order valence-electron chi connectivity index (χ2n) is 3.22. The average Bonchev–Trinajstić information content (AvgIpc) is 2.66. The minimum atomic E-state index is -0.296. The van der Waals surface area contributed by atoms with Crippen LogP contribution in [-0.4, -0.2) is 21.2 Å². The predicted octanol–water partition coefficient (Wildman–Crippen LogP) is 2.00. The highest BCUT2D eigenvalue weighted by atomic mass is 32.1. The normalized spacial score (nSPS) is 13.3. The third kappa shape index (κ3) is 1.76. The summed E-state index contributed by atoms with van der Waals surface area (Å²) in [7, 11) is 0. The van der Waals surface area contributed by atoms with Crippen molar-refractivity contribution in [1.82, 2.24) is 9.97 Å². The Morgan fingerprint density at radius 3 is 3.14 bits per heavy atom. The first-order valence-corrected chi connectivity index (χ1v) is 5.54. The van der Waals surface area contributed by atoms with E-state index in [1.165, 1.54) is 0 Å². The molecule has 0 aliphatic rings. The summed E-state index contributed by atoms with van der Waals surface area (Å²) < 4.78 is 1.10. The van der Waals surface area contributed by atoms with Crippen molar-refractivity contribution in [3.8, 4) is 0 Å². The molecule has 3 nitrogen and oxygen atoms in total. The highest BCUT2D eigenvalue weighted by molar-refractivity contribution is 7.17. The lowest BCUT2D eigenvalue weighted by molar-refractivity contribution is 0.170. The summed E-state index contributed by atoms with van der Waals surface area (Å²) >= 11 is 1.63. The molecule has 0 aromatic carbocycles. The van der Waals surface area contributed by atoms with Crippen LogP contribution in [-0.2, 0) is 6.42 Å². The number of fused-ring (bicyclic) bond motifs is 1. The lowest BCUT2D eigenvalue weighted by Gasteiger charge is -2.06. The van der Waals surface area contributed by atoms with Gasteiger partial charge in [0.05, 0.1) is 22.0 Å². The van der Waals surface area contributed by atoms with Crippen LogP contribution in [0.5, 0.6) is 0 Å². The van der Waals surface area contributed by atoms with Crippen LogP contribution in [0.1, 0.15) is 19.0 Å². The number of aromatic nitrogens is 2. The second-order valence-corrected chi connectivity index (χ2v) is 4.14. The van der Waals surface area contributed by atoms with Crippen LogP contribution in [0.25, 0.3) is 10.2 Å². The van der Waals surface area contributed by atoms with Crippen LogP contribution < -0.4 is 0 Å². The van der Waals surface area contributed by atoms with Crippen LogP contribution in [0.3, 0.4) is 0 Å². The third-order valence-electron chi connectivity index (χ3n) is 2.22. The van der Waals surface area contributed by atoms with Crippen LogP contribution in [0.2, 0.25) is 0 Å². The van der Waals surface area contributed by atoms with Crippen molar-refractivity contribution < 1.29 is 5.11 Å². The molecule has 0 radical (unpaired) electrons. The fourth-order valence-corrected chi connectivity index (χ4v) is 2.20. The number of rotatable bonds is 3. The zero-order valence-corrected chi connectivity index (χ0v) is 8.79. The van der Waals surface area contributed by atoms with Gasteiger partial charge in [0.25, 0.3) is 0 Å². The molecule has 2 heterocycles. The van der Waals surface area contributed by atoms with Crippen molar-refractivity contribution in [2.45, 2.75) is 25.9 Å². The molecule has 2 aromatic heterocycles. The zero-order valence-electron chi connectivity index (χ0n) is 7.97. The van der Waals surface area contributed by atoms with Crippen molar-refractivity contribution in [3.05, 3.63) is 23.5 Å². The fraction of sp³-hybridized carbons (Fsp3) is 0.400. The minimum Gasteiger partial charge on any atom is -0.393 e. The van der Waals surface area contributed by atoms with Crippen molar-refractivity contribution in [2.75, 3.05) is 0 Å². The first kappa shape index (κ1) is 9.55. The van der Waals surface area contributed by atoms with E-state index in [2.05, 4.69) is 9.97 Å². The van der Waals surface area contributed by atoms with E-state index in [0.717, 1.165) is 22.3 Å².